The molecular formula is C26H31N5O5S. The van der Waals surface area contributed by atoms with Gasteiger partial charge in [0.25, 0.3) is 11.8 Å². The summed E-state index contributed by atoms with van der Waals surface area (Å²) < 4.78 is 14.8. The number of carbonyl (C=O) groups excluding carboxylic acids is 3. The normalized spacial score (nSPS) is 11.9. The SMILES string of the molecule is COc1ccc(C(C(=O)NC(C)(C)C)N(C(=O)c2snc(C(N)=O)c2N)c2ccc(C)cc2)cc1OC. The molecule has 0 saturated carbocycles. The maximum Gasteiger partial charge on any atom is 0.273 e. The number of nitrogens with one attached hydrogen (secondary N) is 1. The summed E-state index contributed by atoms with van der Waals surface area (Å²) in [5.41, 5.74) is 12.4. The molecule has 10 nitrogen and oxygen atoms in total. The number of aromatic nitrogens is 1. The molecule has 0 spiro atoms. The van der Waals surface area contributed by atoms with E-state index in [1.165, 1.54) is 19.1 Å². The van der Waals surface area contributed by atoms with Crippen LogP contribution >= 0.6 is 11.5 Å². The Hall–Kier alpha value is -4.12. The highest BCUT2D eigenvalue weighted by atomic mass is 32.1. The summed E-state index contributed by atoms with van der Waals surface area (Å²) in [7, 11) is 2.99. The summed E-state index contributed by atoms with van der Waals surface area (Å²) in [6, 6.07) is 11.0. The molecule has 0 aliphatic heterocycles. The smallest absolute Gasteiger partial charge is 0.273 e. The Morgan fingerprint density at radius 1 is 1.03 bits per heavy atom. The summed E-state index contributed by atoms with van der Waals surface area (Å²) in [5.74, 6) is -1.05. The van der Waals surface area contributed by atoms with Gasteiger partial charge >= 0.3 is 0 Å². The van der Waals surface area contributed by atoms with Crippen LogP contribution in [-0.2, 0) is 4.79 Å². The molecule has 0 bridgehead atoms. The molecule has 5 N–H and O–H groups in total. The lowest BCUT2D eigenvalue weighted by molar-refractivity contribution is -0.123. The standard InChI is InChI=1S/C26H31N5O5S/c1-14-7-10-16(11-8-14)31(25(34)22-19(27)20(23(28)32)30-37-22)21(24(33)29-26(2,3)4)15-9-12-17(35-5)18(13-15)36-6/h7-13,21H,27H2,1-6H3,(H2,28,32)(H,29,33). The number of rotatable bonds is 8. The van der Waals surface area contributed by atoms with Gasteiger partial charge in [0.15, 0.2) is 17.2 Å². The Labute approximate surface area is 219 Å². The number of methoxy groups -OCH3 is 2. The van der Waals surface area contributed by atoms with Crippen LogP contribution in [0, 0.1) is 6.92 Å². The highest BCUT2D eigenvalue weighted by Crippen LogP contribution is 2.37. The Bertz CT molecular complexity index is 1310. The van der Waals surface area contributed by atoms with E-state index in [9.17, 15) is 14.4 Å². The van der Waals surface area contributed by atoms with Crippen molar-refractivity contribution in [2.45, 2.75) is 39.3 Å². The van der Waals surface area contributed by atoms with Crippen molar-refractivity contribution in [3.05, 3.63) is 64.2 Å². The van der Waals surface area contributed by atoms with E-state index in [4.69, 9.17) is 20.9 Å². The summed E-state index contributed by atoms with van der Waals surface area (Å²) in [6.07, 6.45) is 0. The molecule has 0 fully saturated rings. The van der Waals surface area contributed by atoms with Gasteiger partial charge in [0.1, 0.15) is 10.9 Å². The summed E-state index contributed by atoms with van der Waals surface area (Å²) >= 11 is 0.746. The van der Waals surface area contributed by atoms with Gasteiger partial charge in [0.2, 0.25) is 5.91 Å². The quantitative estimate of drug-likeness (QED) is 0.408. The summed E-state index contributed by atoms with van der Waals surface area (Å²) in [6.45, 7) is 7.44. The van der Waals surface area contributed by atoms with E-state index in [2.05, 4.69) is 9.69 Å². The van der Waals surface area contributed by atoms with Crippen LogP contribution in [-0.4, -0.2) is 41.9 Å². The van der Waals surface area contributed by atoms with Crippen molar-refractivity contribution in [2.24, 2.45) is 5.73 Å². The van der Waals surface area contributed by atoms with Gasteiger partial charge in [0.05, 0.1) is 19.9 Å². The first-order valence-corrected chi connectivity index (χ1v) is 12.1. The van der Waals surface area contributed by atoms with Crippen LogP contribution in [0.1, 0.15) is 58.1 Å². The van der Waals surface area contributed by atoms with Crippen molar-refractivity contribution in [3.63, 3.8) is 0 Å². The van der Waals surface area contributed by atoms with Crippen molar-refractivity contribution in [1.82, 2.24) is 9.69 Å². The lowest BCUT2D eigenvalue weighted by Crippen LogP contribution is -2.49. The predicted octanol–water partition coefficient (Wildman–Crippen LogP) is 3.45. The summed E-state index contributed by atoms with van der Waals surface area (Å²) in [5, 5.41) is 2.97. The van der Waals surface area contributed by atoms with Gasteiger partial charge in [-0.1, -0.05) is 23.8 Å². The highest BCUT2D eigenvalue weighted by molar-refractivity contribution is 7.09. The molecule has 3 amide bonds. The second-order valence-corrected chi connectivity index (χ2v) is 10.2. The fraction of sp³-hybridized carbons (Fsp3) is 0.308. The van der Waals surface area contributed by atoms with E-state index in [1.807, 2.05) is 39.8 Å². The number of hydrogen-bond acceptors (Lipinski definition) is 8. The van der Waals surface area contributed by atoms with E-state index in [-0.39, 0.29) is 16.3 Å². The zero-order valence-electron chi connectivity index (χ0n) is 21.6. The topological polar surface area (TPSA) is 150 Å². The van der Waals surface area contributed by atoms with E-state index in [1.54, 1.807) is 30.3 Å². The van der Waals surface area contributed by atoms with Crippen LogP contribution in [0.15, 0.2) is 42.5 Å². The van der Waals surface area contributed by atoms with Gasteiger partial charge < -0.3 is 26.3 Å². The number of nitrogens with two attached hydrogens (primary N) is 2. The molecule has 196 valence electrons. The highest BCUT2D eigenvalue weighted by Gasteiger charge is 2.37. The van der Waals surface area contributed by atoms with Gasteiger partial charge in [-0.3, -0.25) is 19.3 Å². The molecule has 0 aliphatic carbocycles. The van der Waals surface area contributed by atoms with Crippen molar-refractivity contribution in [1.29, 1.82) is 0 Å². The van der Waals surface area contributed by atoms with E-state index in [0.717, 1.165) is 17.1 Å². The minimum Gasteiger partial charge on any atom is -0.493 e. The van der Waals surface area contributed by atoms with Crippen molar-refractivity contribution < 1.29 is 23.9 Å². The van der Waals surface area contributed by atoms with Crippen LogP contribution < -0.4 is 31.2 Å². The zero-order valence-corrected chi connectivity index (χ0v) is 22.4. The van der Waals surface area contributed by atoms with Crippen LogP contribution in [0.4, 0.5) is 11.4 Å². The molecule has 11 heteroatoms. The fourth-order valence-corrected chi connectivity index (χ4v) is 4.45. The van der Waals surface area contributed by atoms with Crippen LogP contribution in [0.5, 0.6) is 11.5 Å². The first kappa shape index (κ1) is 27.5. The number of ether oxygens (including phenoxy) is 2. The lowest BCUT2D eigenvalue weighted by atomic mass is 9.99. The first-order chi connectivity index (χ1) is 17.4. The van der Waals surface area contributed by atoms with Gasteiger partial charge in [-0.25, -0.2) is 0 Å². The second-order valence-electron chi connectivity index (χ2n) is 9.41. The maximum atomic E-state index is 14.1. The number of carbonyl (C=O) groups is 3. The third-order valence-corrected chi connectivity index (χ3v) is 6.27. The number of benzene rings is 2. The molecule has 3 rings (SSSR count). The van der Waals surface area contributed by atoms with Gasteiger partial charge in [-0.15, -0.1) is 0 Å². The van der Waals surface area contributed by atoms with E-state index in [0.29, 0.717) is 22.7 Å². The Kier molecular flexibility index (Phi) is 8.07. The van der Waals surface area contributed by atoms with Crippen molar-refractivity contribution >= 4 is 40.6 Å². The third kappa shape index (κ3) is 6.00. The molecule has 0 radical (unpaired) electrons. The van der Waals surface area contributed by atoms with Crippen LogP contribution in [0.25, 0.3) is 0 Å². The van der Waals surface area contributed by atoms with Gasteiger partial charge in [-0.2, -0.15) is 4.37 Å². The van der Waals surface area contributed by atoms with E-state index >= 15 is 0 Å². The summed E-state index contributed by atoms with van der Waals surface area (Å²) in [4.78, 5) is 41.0. The van der Waals surface area contributed by atoms with Crippen LogP contribution in [0.3, 0.4) is 0 Å². The number of nitrogen functional groups attached to an aromatic ring is 1. The second kappa shape index (κ2) is 10.9. The average Bonchev–Trinajstić information content (AvgIpc) is 3.22. The maximum absolute atomic E-state index is 14.1. The molecule has 1 atom stereocenters. The molecule has 1 heterocycles. The number of hydrogen-bond donors (Lipinski definition) is 3. The Morgan fingerprint density at radius 3 is 2.16 bits per heavy atom. The van der Waals surface area contributed by atoms with E-state index < -0.39 is 29.3 Å². The molecule has 37 heavy (non-hydrogen) atoms. The number of primary amides is 1. The van der Waals surface area contributed by atoms with Crippen molar-refractivity contribution in [2.75, 3.05) is 24.9 Å². The Morgan fingerprint density at radius 2 is 1.65 bits per heavy atom. The molecule has 2 aromatic carbocycles. The number of amides is 3. The largest absolute Gasteiger partial charge is 0.493 e. The van der Waals surface area contributed by atoms with Gasteiger partial charge in [-0.05, 0) is 69.1 Å². The number of aryl methyl sites for hydroxylation is 1. The minimum absolute atomic E-state index is 0.0107. The molecule has 1 unspecified atom stereocenters. The molecule has 1 aromatic heterocycles. The third-order valence-electron chi connectivity index (χ3n) is 5.41. The lowest BCUT2D eigenvalue weighted by Gasteiger charge is -2.34. The molecule has 0 saturated heterocycles. The van der Waals surface area contributed by atoms with Crippen LogP contribution in [0.2, 0.25) is 0 Å². The number of anilines is 2. The fourth-order valence-electron chi connectivity index (χ4n) is 3.71. The first-order valence-electron chi connectivity index (χ1n) is 11.4. The monoisotopic (exact) mass is 525 g/mol. The van der Waals surface area contributed by atoms with Crippen molar-refractivity contribution in [3.8, 4) is 11.5 Å². The Balaban J connectivity index is 2.28. The molecule has 0 aliphatic rings. The average molecular weight is 526 g/mol. The predicted molar refractivity (Wildman–Crippen MR) is 143 cm³/mol. The van der Waals surface area contributed by atoms with Gasteiger partial charge in [0, 0.05) is 11.2 Å². The number of nitrogens with zero attached hydrogens (tertiary/aromatic N) is 2. The molecular weight excluding hydrogens is 494 g/mol. The minimum atomic E-state index is -1.15. The zero-order chi connectivity index (χ0) is 27.5. The molecule has 3 aromatic rings.